The Kier molecular flexibility index (Phi) is 2.28. The number of aliphatic carboxylic acids is 1. The molecule has 0 aromatic rings. The Morgan fingerprint density at radius 1 is 1.44 bits per heavy atom. The van der Waals surface area contributed by atoms with Crippen LogP contribution in [0.3, 0.4) is 0 Å². The molecule has 2 fully saturated rings. The maximum Gasteiger partial charge on any atom is 0.315 e. The van der Waals surface area contributed by atoms with Crippen molar-refractivity contribution in [2.24, 2.45) is 17.3 Å². The third kappa shape index (κ3) is 1.50. The van der Waals surface area contributed by atoms with Gasteiger partial charge in [-0.25, -0.2) is 0 Å². The second-order valence-corrected chi connectivity index (χ2v) is 5.60. The fourth-order valence-corrected chi connectivity index (χ4v) is 2.61. The third-order valence-electron chi connectivity index (χ3n) is 3.34. The Morgan fingerprint density at radius 2 is 2.06 bits per heavy atom. The summed E-state index contributed by atoms with van der Waals surface area (Å²) in [5.41, 5.74) is -1.37. The number of hydrogen-bond donors (Lipinski definition) is 2. The van der Waals surface area contributed by atoms with Gasteiger partial charge in [0.15, 0.2) is 0 Å². The number of carbonyl (C=O) groups is 2. The van der Waals surface area contributed by atoms with E-state index in [1.165, 1.54) is 0 Å². The van der Waals surface area contributed by atoms with Crippen molar-refractivity contribution in [2.75, 3.05) is 13.1 Å². The lowest BCUT2D eigenvalue weighted by molar-refractivity contribution is -0.164. The number of hydrogen-bond acceptors (Lipinski definition) is 4. The van der Waals surface area contributed by atoms with E-state index in [4.69, 9.17) is 9.84 Å². The Hall–Kier alpha value is -1.10. The number of carbonyl (C=O) groups excluding carboxylic acids is 1. The van der Waals surface area contributed by atoms with E-state index in [9.17, 15) is 9.59 Å². The lowest BCUT2D eigenvalue weighted by Crippen LogP contribution is -2.35. The van der Waals surface area contributed by atoms with Crippen LogP contribution in [0.1, 0.15) is 20.8 Å². The van der Waals surface area contributed by atoms with Crippen LogP contribution in [0.2, 0.25) is 0 Å². The topological polar surface area (TPSA) is 75.6 Å². The van der Waals surface area contributed by atoms with Gasteiger partial charge in [-0.05, 0) is 20.8 Å². The predicted molar refractivity (Wildman–Crippen MR) is 55.8 cm³/mol. The van der Waals surface area contributed by atoms with Crippen molar-refractivity contribution in [1.82, 2.24) is 5.32 Å². The van der Waals surface area contributed by atoms with Crippen molar-refractivity contribution in [3.8, 4) is 0 Å². The first-order valence-corrected chi connectivity index (χ1v) is 5.46. The van der Waals surface area contributed by atoms with Crippen LogP contribution >= 0.6 is 0 Å². The molecule has 90 valence electrons. The zero-order valence-corrected chi connectivity index (χ0v) is 9.74. The van der Waals surface area contributed by atoms with Gasteiger partial charge in [0.1, 0.15) is 5.60 Å². The molecule has 1 heterocycles. The molecular formula is C11H17NO4. The molecule has 1 saturated heterocycles. The summed E-state index contributed by atoms with van der Waals surface area (Å²) in [6, 6.07) is 0. The van der Waals surface area contributed by atoms with Gasteiger partial charge >= 0.3 is 11.9 Å². The quantitative estimate of drug-likeness (QED) is 0.661. The molecule has 2 rings (SSSR count). The van der Waals surface area contributed by atoms with Gasteiger partial charge in [0, 0.05) is 19.0 Å². The summed E-state index contributed by atoms with van der Waals surface area (Å²) in [6.07, 6.45) is 0. The minimum absolute atomic E-state index is 0.0974. The van der Waals surface area contributed by atoms with Crippen LogP contribution in [-0.2, 0) is 14.3 Å². The Morgan fingerprint density at radius 3 is 2.50 bits per heavy atom. The van der Waals surface area contributed by atoms with Crippen LogP contribution in [0.25, 0.3) is 0 Å². The first kappa shape index (κ1) is 11.4. The van der Waals surface area contributed by atoms with E-state index in [0.717, 1.165) is 0 Å². The van der Waals surface area contributed by atoms with E-state index >= 15 is 0 Å². The van der Waals surface area contributed by atoms with Crippen molar-refractivity contribution >= 4 is 11.9 Å². The highest BCUT2D eigenvalue weighted by atomic mass is 16.6. The van der Waals surface area contributed by atoms with Crippen molar-refractivity contribution in [1.29, 1.82) is 0 Å². The average molecular weight is 227 g/mol. The van der Waals surface area contributed by atoms with Gasteiger partial charge in [-0.1, -0.05) is 0 Å². The first-order valence-electron chi connectivity index (χ1n) is 5.46. The molecule has 1 aliphatic carbocycles. The highest BCUT2D eigenvalue weighted by molar-refractivity contribution is 5.92. The molecule has 3 unspecified atom stereocenters. The highest BCUT2D eigenvalue weighted by Crippen LogP contribution is 2.61. The number of fused-ring (bicyclic) bond motifs is 1. The second-order valence-electron chi connectivity index (χ2n) is 5.60. The van der Waals surface area contributed by atoms with E-state index in [1.54, 1.807) is 20.8 Å². The Bertz CT molecular complexity index is 346. The fourth-order valence-electron chi connectivity index (χ4n) is 2.61. The lowest BCUT2D eigenvalue weighted by atomic mass is 10.0. The Balaban J connectivity index is 2.14. The number of rotatable bonds is 2. The molecule has 2 aliphatic rings. The summed E-state index contributed by atoms with van der Waals surface area (Å²) in [4.78, 5) is 23.0. The minimum atomic E-state index is -0.891. The van der Waals surface area contributed by atoms with Gasteiger partial charge in [-0.3, -0.25) is 9.59 Å². The molecule has 16 heavy (non-hydrogen) atoms. The van der Waals surface area contributed by atoms with Crippen molar-refractivity contribution in [2.45, 2.75) is 26.4 Å². The van der Waals surface area contributed by atoms with E-state index in [1.807, 2.05) is 0 Å². The number of carboxylic acids is 1. The van der Waals surface area contributed by atoms with Gasteiger partial charge in [0.25, 0.3) is 0 Å². The van der Waals surface area contributed by atoms with Crippen molar-refractivity contribution in [3.63, 3.8) is 0 Å². The molecule has 2 N–H and O–H groups in total. The molecule has 0 amide bonds. The molecule has 5 heteroatoms. The molecule has 5 nitrogen and oxygen atoms in total. The summed E-state index contributed by atoms with van der Waals surface area (Å²) >= 11 is 0. The largest absolute Gasteiger partial charge is 0.481 e. The van der Waals surface area contributed by atoms with Crippen molar-refractivity contribution in [3.05, 3.63) is 0 Å². The zero-order valence-electron chi connectivity index (χ0n) is 9.74. The number of piperidine rings is 1. The summed E-state index contributed by atoms with van der Waals surface area (Å²) < 4.78 is 5.30. The molecular weight excluding hydrogens is 210 g/mol. The predicted octanol–water partition coefficient (Wildman–Crippen LogP) is 0.248. The van der Waals surface area contributed by atoms with Crippen molar-refractivity contribution < 1.29 is 19.4 Å². The molecule has 0 bridgehead atoms. The average Bonchev–Trinajstić information content (AvgIpc) is 2.56. The SMILES string of the molecule is CC(C)(C)OC(=O)C12CNCC1C2C(=O)O. The van der Waals surface area contributed by atoms with Crippen LogP contribution in [0.4, 0.5) is 0 Å². The summed E-state index contributed by atoms with van der Waals surface area (Å²) in [6.45, 7) is 6.38. The number of nitrogens with one attached hydrogen (secondary N) is 1. The molecule has 1 saturated carbocycles. The van der Waals surface area contributed by atoms with E-state index in [0.29, 0.717) is 13.1 Å². The first-order chi connectivity index (χ1) is 7.29. The minimum Gasteiger partial charge on any atom is -0.481 e. The van der Waals surface area contributed by atoms with E-state index in [2.05, 4.69) is 5.32 Å². The fraction of sp³-hybridized carbons (Fsp3) is 0.818. The van der Waals surface area contributed by atoms with Crippen LogP contribution in [0.15, 0.2) is 0 Å². The molecule has 0 spiro atoms. The maximum absolute atomic E-state index is 12.0. The highest BCUT2D eigenvalue weighted by Gasteiger charge is 2.76. The van der Waals surface area contributed by atoms with Crippen LogP contribution in [-0.4, -0.2) is 35.7 Å². The number of carboxylic acid groups (broad SMARTS) is 1. The number of esters is 1. The smallest absolute Gasteiger partial charge is 0.315 e. The summed E-state index contributed by atoms with van der Waals surface area (Å²) in [7, 11) is 0. The van der Waals surface area contributed by atoms with Crippen LogP contribution < -0.4 is 5.32 Å². The monoisotopic (exact) mass is 227 g/mol. The molecule has 1 aliphatic heterocycles. The van der Waals surface area contributed by atoms with Gasteiger partial charge in [0.05, 0.1) is 11.3 Å². The van der Waals surface area contributed by atoms with Crippen LogP contribution in [0, 0.1) is 17.3 Å². The van der Waals surface area contributed by atoms with Gasteiger partial charge in [0.2, 0.25) is 0 Å². The third-order valence-corrected chi connectivity index (χ3v) is 3.34. The van der Waals surface area contributed by atoms with Gasteiger partial charge in [-0.15, -0.1) is 0 Å². The lowest BCUT2D eigenvalue weighted by Gasteiger charge is -2.23. The zero-order chi connectivity index (χ0) is 12.1. The molecule has 3 atom stereocenters. The number of ether oxygens (including phenoxy) is 1. The summed E-state index contributed by atoms with van der Waals surface area (Å²) in [5, 5.41) is 12.1. The van der Waals surface area contributed by atoms with E-state index in [-0.39, 0.29) is 11.9 Å². The van der Waals surface area contributed by atoms with Gasteiger partial charge < -0.3 is 15.2 Å². The standard InChI is InChI=1S/C11H17NO4/c1-10(2,3)16-9(15)11-5-12-4-6(11)7(11)8(13)14/h6-7,12H,4-5H2,1-3H3,(H,13,14). The van der Waals surface area contributed by atoms with E-state index < -0.39 is 22.9 Å². The van der Waals surface area contributed by atoms with Crippen LogP contribution in [0.5, 0.6) is 0 Å². The normalized spacial score (nSPS) is 36.7. The Labute approximate surface area is 94.2 Å². The second kappa shape index (κ2) is 3.20. The maximum atomic E-state index is 12.0. The van der Waals surface area contributed by atoms with Gasteiger partial charge in [-0.2, -0.15) is 0 Å². The molecule has 0 radical (unpaired) electrons. The summed E-state index contributed by atoms with van der Waals surface area (Å²) in [5.74, 6) is -1.93. The molecule has 0 aromatic heterocycles. The molecule has 0 aromatic carbocycles.